The van der Waals surface area contributed by atoms with Gasteiger partial charge in [-0.25, -0.2) is 13.2 Å². The normalized spacial score (nSPS) is 23.6. The van der Waals surface area contributed by atoms with E-state index >= 15 is 0 Å². The van der Waals surface area contributed by atoms with Crippen LogP contribution >= 0.6 is 0 Å². The van der Waals surface area contributed by atoms with Crippen molar-refractivity contribution in [1.82, 2.24) is 0 Å². The molecule has 1 aliphatic carbocycles. The lowest BCUT2D eigenvalue weighted by Gasteiger charge is -2.26. The molecule has 1 aromatic carbocycles. The molecule has 0 amide bonds. The Kier molecular flexibility index (Phi) is 6.29. The average Bonchev–Trinajstić information content (AvgIpc) is 2.55. The zero-order valence-corrected chi connectivity index (χ0v) is 13.0. The molecule has 1 saturated carbocycles. The van der Waals surface area contributed by atoms with Gasteiger partial charge in [-0.3, -0.25) is 0 Å². The predicted molar refractivity (Wildman–Crippen MR) is 85.9 cm³/mol. The van der Waals surface area contributed by atoms with E-state index in [0.717, 1.165) is 12.0 Å². The number of allylic oxidation sites excluding steroid dienone is 4. The Morgan fingerprint density at radius 3 is 2.27 bits per heavy atom. The van der Waals surface area contributed by atoms with Gasteiger partial charge in [0.1, 0.15) is 19.2 Å². The smallest absolute Gasteiger partial charge is 0.141 e. The van der Waals surface area contributed by atoms with Crippen LogP contribution in [0.2, 0.25) is 0 Å². The van der Waals surface area contributed by atoms with Crippen molar-refractivity contribution in [3.8, 4) is 0 Å². The van der Waals surface area contributed by atoms with Crippen molar-refractivity contribution in [3.63, 3.8) is 0 Å². The van der Waals surface area contributed by atoms with Gasteiger partial charge in [0.2, 0.25) is 0 Å². The molecule has 1 aromatic rings. The Hall–Kier alpha value is -1.51. The largest absolute Gasteiger partial charge is 0.247 e. The third-order valence-corrected chi connectivity index (χ3v) is 4.47. The van der Waals surface area contributed by atoms with Gasteiger partial charge in [-0.1, -0.05) is 44.0 Å². The van der Waals surface area contributed by atoms with Crippen LogP contribution in [-0.2, 0) is 0 Å². The van der Waals surface area contributed by atoms with Crippen LogP contribution in [-0.4, -0.2) is 13.3 Å². The summed E-state index contributed by atoms with van der Waals surface area (Å²) >= 11 is 0. The van der Waals surface area contributed by atoms with Crippen molar-refractivity contribution in [3.05, 3.63) is 53.4 Å². The minimum atomic E-state index is -1.16. The fraction of sp³-hybridized carbons (Fsp3) is 0.474. The lowest BCUT2D eigenvalue weighted by molar-refractivity contribution is 0.348. The SMILES string of the molecule is CC1CCC(c2ccc(C(/C=C(/F)CF)=C/CF)cc2)CC1. The molecular formula is C19H23F3. The van der Waals surface area contributed by atoms with Gasteiger partial charge in [-0.2, -0.15) is 0 Å². The highest BCUT2D eigenvalue weighted by molar-refractivity contribution is 5.74. The van der Waals surface area contributed by atoms with Gasteiger partial charge in [-0.05, 0) is 53.5 Å². The zero-order chi connectivity index (χ0) is 15.9. The average molecular weight is 308 g/mol. The van der Waals surface area contributed by atoms with Crippen LogP contribution in [0.25, 0.3) is 5.57 Å². The fourth-order valence-electron chi connectivity index (χ4n) is 3.09. The van der Waals surface area contributed by atoms with Crippen LogP contribution in [0.4, 0.5) is 13.2 Å². The number of hydrogen-bond acceptors (Lipinski definition) is 0. The molecule has 0 N–H and O–H groups in total. The Labute approximate surface area is 130 Å². The molecule has 0 heterocycles. The van der Waals surface area contributed by atoms with Crippen LogP contribution in [0.1, 0.15) is 49.7 Å². The first kappa shape index (κ1) is 16.9. The molecule has 0 nitrogen and oxygen atoms in total. The summed E-state index contributed by atoms with van der Waals surface area (Å²) in [5, 5.41) is 0. The maximum absolute atomic E-state index is 13.1. The van der Waals surface area contributed by atoms with Gasteiger partial charge >= 0.3 is 0 Å². The fourth-order valence-corrected chi connectivity index (χ4v) is 3.09. The molecule has 0 saturated heterocycles. The van der Waals surface area contributed by atoms with Crippen molar-refractivity contribution in [2.24, 2.45) is 5.92 Å². The standard InChI is InChI=1S/C19H23F3/c1-14-2-4-15(5-3-14)16-6-8-17(9-7-16)18(10-11-20)12-19(22)13-21/h6-10,12,14-15H,2-5,11,13H2,1H3/b18-10+,19-12+. The first-order valence-electron chi connectivity index (χ1n) is 7.92. The molecule has 0 radical (unpaired) electrons. The van der Waals surface area contributed by atoms with Crippen molar-refractivity contribution in [2.45, 2.75) is 38.5 Å². The Bertz CT molecular complexity index is 520. The lowest BCUT2D eigenvalue weighted by Crippen LogP contribution is -2.10. The summed E-state index contributed by atoms with van der Waals surface area (Å²) in [6, 6.07) is 7.81. The number of halogens is 3. The molecule has 0 atom stereocenters. The highest BCUT2D eigenvalue weighted by atomic mass is 19.2. The Morgan fingerprint density at radius 2 is 1.73 bits per heavy atom. The van der Waals surface area contributed by atoms with Crippen LogP contribution in [0.15, 0.2) is 42.2 Å². The maximum Gasteiger partial charge on any atom is 0.141 e. The molecule has 0 unspecified atom stereocenters. The van der Waals surface area contributed by atoms with E-state index in [0.29, 0.717) is 17.1 Å². The topological polar surface area (TPSA) is 0 Å². The molecule has 1 aliphatic rings. The van der Waals surface area contributed by atoms with Gasteiger partial charge in [-0.15, -0.1) is 0 Å². The van der Waals surface area contributed by atoms with Gasteiger partial charge in [0, 0.05) is 0 Å². The third-order valence-electron chi connectivity index (χ3n) is 4.47. The lowest BCUT2D eigenvalue weighted by atomic mass is 9.79. The highest BCUT2D eigenvalue weighted by Gasteiger charge is 2.19. The molecular weight excluding hydrogens is 285 g/mol. The summed E-state index contributed by atoms with van der Waals surface area (Å²) < 4.78 is 38.0. The van der Waals surface area contributed by atoms with E-state index < -0.39 is 19.2 Å². The Morgan fingerprint density at radius 1 is 1.09 bits per heavy atom. The minimum absolute atomic E-state index is 0.390. The molecule has 120 valence electrons. The second kappa shape index (κ2) is 8.21. The van der Waals surface area contributed by atoms with Gasteiger partial charge in [0.25, 0.3) is 0 Å². The van der Waals surface area contributed by atoms with E-state index in [1.807, 2.05) is 24.3 Å². The third kappa shape index (κ3) is 4.49. The van der Waals surface area contributed by atoms with Gasteiger partial charge in [0.05, 0.1) is 0 Å². The monoisotopic (exact) mass is 308 g/mol. The van der Waals surface area contributed by atoms with Crippen molar-refractivity contribution in [2.75, 3.05) is 13.3 Å². The van der Waals surface area contributed by atoms with Gasteiger partial charge in [0.15, 0.2) is 0 Å². The molecule has 22 heavy (non-hydrogen) atoms. The number of alkyl halides is 2. The number of benzene rings is 1. The first-order valence-corrected chi connectivity index (χ1v) is 7.92. The van der Waals surface area contributed by atoms with E-state index in [4.69, 9.17) is 0 Å². The first-order chi connectivity index (χ1) is 10.6. The zero-order valence-electron chi connectivity index (χ0n) is 13.0. The molecule has 2 rings (SSSR count). The minimum Gasteiger partial charge on any atom is -0.247 e. The number of hydrogen-bond donors (Lipinski definition) is 0. The second-order valence-electron chi connectivity index (χ2n) is 6.12. The summed E-state index contributed by atoms with van der Waals surface area (Å²) in [6.07, 6.45) is 7.24. The van der Waals surface area contributed by atoms with Crippen molar-refractivity contribution >= 4 is 5.57 Å². The highest BCUT2D eigenvalue weighted by Crippen LogP contribution is 2.35. The van der Waals surface area contributed by atoms with Gasteiger partial charge < -0.3 is 0 Å². The van der Waals surface area contributed by atoms with E-state index in [9.17, 15) is 13.2 Å². The quantitative estimate of drug-likeness (QED) is 0.572. The van der Waals surface area contributed by atoms with Crippen molar-refractivity contribution in [1.29, 1.82) is 0 Å². The summed E-state index contributed by atoms with van der Waals surface area (Å²) in [5.74, 6) is 0.505. The molecule has 0 aromatic heterocycles. The second-order valence-corrected chi connectivity index (χ2v) is 6.12. The van der Waals surface area contributed by atoms with Crippen LogP contribution in [0.5, 0.6) is 0 Å². The number of rotatable bonds is 5. The van der Waals surface area contributed by atoms with E-state index in [1.54, 1.807) is 0 Å². The summed E-state index contributed by atoms with van der Waals surface area (Å²) in [7, 11) is 0. The Balaban J connectivity index is 2.14. The van der Waals surface area contributed by atoms with E-state index in [2.05, 4.69) is 6.92 Å². The van der Waals surface area contributed by atoms with Crippen LogP contribution in [0, 0.1) is 5.92 Å². The van der Waals surface area contributed by atoms with Crippen molar-refractivity contribution < 1.29 is 13.2 Å². The summed E-state index contributed by atoms with van der Waals surface area (Å²) in [4.78, 5) is 0. The van der Waals surface area contributed by atoms with Crippen LogP contribution < -0.4 is 0 Å². The summed E-state index contributed by atoms with van der Waals surface area (Å²) in [5.41, 5.74) is 2.39. The molecule has 0 aliphatic heterocycles. The molecule has 3 heteroatoms. The molecule has 0 spiro atoms. The summed E-state index contributed by atoms with van der Waals surface area (Å²) in [6.45, 7) is 0.425. The molecule has 1 fully saturated rings. The van der Waals surface area contributed by atoms with E-state index in [1.165, 1.54) is 37.3 Å². The predicted octanol–water partition coefficient (Wildman–Crippen LogP) is 6.16. The maximum atomic E-state index is 13.1. The van der Waals surface area contributed by atoms with E-state index in [-0.39, 0.29) is 0 Å². The molecule has 0 bridgehead atoms. The van der Waals surface area contributed by atoms with Crippen LogP contribution in [0.3, 0.4) is 0 Å².